The number of hydrogen-bond acceptors (Lipinski definition) is 4. The number of rotatable bonds is 5. The number of ether oxygens (including phenoxy) is 1. The quantitative estimate of drug-likeness (QED) is 0.820. The molecule has 0 radical (unpaired) electrons. The van der Waals surface area contributed by atoms with Gasteiger partial charge in [0.05, 0.1) is 19.3 Å². The van der Waals surface area contributed by atoms with Gasteiger partial charge >= 0.3 is 0 Å². The van der Waals surface area contributed by atoms with Crippen molar-refractivity contribution in [1.82, 2.24) is 4.90 Å². The average Bonchev–Trinajstić information content (AvgIpc) is 2.87. The molecule has 1 saturated heterocycles. The van der Waals surface area contributed by atoms with E-state index < -0.39 is 6.10 Å². The highest BCUT2D eigenvalue weighted by molar-refractivity contribution is 5.80. The van der Waals surface area contributed by atoms with Gasteiger partial charge in [-0.2, -0.15) is 0 Å². The molecule has 19 heavy (non-hydrogen) atoms. The van der Waals surface area contributed by atoms with Crippen LogP contribution in [0.1, 0.15) is 24.5 Å². The summed E-state index contributed by atoms with van der Waals surface area (Å²) in [6.45, 7) is 1.22. The first-order chi connectivity index (χ1) is 9.11. The van der Waals surface area contributed by atoms with Gasteiger partial charge in [-0.05, 0) is 37.1 Å². The molecule has 1 aliphatic rings. The second kappa shape index (κ2) is 6.04. The van der Waals surface area contributed by atoms with Crippen LogP contribution in [-0.2, 0) is 4.79 Å². The van der Waals surface area contributed by atoms with Crippen LogP contribution in [0, 0.1) is 0 Å². The number of carbonyl (C=O) groups excluding carboxylic acids is 1. The Morgan fingerprint density at radius 1 is 1.63 bits per heavy atom. The maximum Gasteiger partial charge on any atom is 0.234 e. The fourth-order valence-corrected chi connectivity index (χ4v) is 2.54. The van der Waals surface area contributed by atoms with Crippen LogP contribution in [0.5, 0.6) is 5.75 Å². The smallest absolute Gasteiger partial charge is 0.234 e. The number of likely N-dealkylation sites (tertiary alicyclic amines) is 1. The molecule has 1 amide bonds. The fourth-order valence-electron chi connectivity index (χ4n) is 2.54. The number of aliphatic hydroxyl groups excluding tert-OH is 1. The molecule has 1 aromatic carbocycles. The van der Waals surface area contributed by atoms with E-state index >= 15 is 0 Å². The van der Waals surface area contributed by atoms with E-state index in [0.29, 0.717) is 12.3 Å². The summed E-state index contributed by atoms with van der Waals surface area (Å²) in [5.41, 5.74) is 6.15. The van der Waals surface area contributed by atoms with Gasteiger partial charge in [-0.1, -0.05) is 12.1 Å². The zero-order valence-electron chi connectivity index (χ0n) is 11.1. The van der Waals surface area contributed by atoms with Crippen LogP contribution in [-0.4, -0.2) is 42.2 Å². The number of hydrogen-bond donors (Lipinski definition) is 2. The lowest BCUT2D eigenvalue weighted by Gasteiger charge is -2.24. The first kappa shape index (κ1) is 13.8. The van der Waals surface area contributed by atoms with Gasteiger partial charge in [0, 0.05) is 6.54 Å². The molecule has 0 spiro atoms. The van der Waals surface area contributed by atoms with Crippen LogP contribution in [0.2, 0.25) is 0 Å². The van der Waals surface area contributed by atoms with Crippen molar-refractivity contribution < 1.29 is 14.6 Å². The van der Waals surface area contributed by atoms with E-state index in [2.05, 4.69) is 0 Å². The fraction of sp³-hybridized carbons (Fsp3) is 0.500. The van der Waals surface area contributed by atoms with Gasteiger partial charge in [0.1, 0.15) is 5.75 Å². The Bertz CT molecular complexity index is 450. The summed E-state index contributed by atoms with van der Waals surface area (Å²) in [5, 5.41) is 10.3. The first-order valence-corrected chi connectivity index (χ1v) is 6.47. The van der Waals surface area contributed by atoms with Crippen LogP contribution >= 0.6 is 0 Å². The molecule has 104 valence electrons. The number of carbonyl (C=O) groups is 1. The number of nitrogens with two attached hydrogens (primary N) is 1. The standard InChI is InChI=1S/C14H20N2O3/c1-19-11-5-2-4-10(8-11)13(17)9-16-7-3-6-12(16)14(15)18/h2,4-5,8,12-13,17H,3,6-7,9H2,1H3,(H2,15,18). The molecule has 1 fully saturated rings. The van der Waals surface area contributed by atoms with Crippen molar-refractivity contribution >= 4 is 5.91 Å². The van der Waals surface area contributed by atoms with Crippen LogP contribution < -0.4 is 10.5 Å². The number of amides is 1. The zero-order valence-corrected chi connectivity index (χ0v) is 11.1. The highest BCUT2D eigenvalue weighted by Crippen LogP contribution is 2.24. The molecule has 5 heteroatoms. The second-order valence-electron chi connectivity index (χ2n) is 4.85. The van der Waals surface area contributed by atoms with Gasteiger partial charge in [0.25, 0.3) is 0 Å². The lowest BCUT2D eigenvalue weighted by molar-refractivity contribution is -0.122. The van der Waals surface area contributed by atoms with Crippen molar-refractivity contribution in [2.45, 2.75) is 25.0 Å². The van der Waals surface area contributed by atoms with E-state index in [9.17, 15) is 9.90 Å². The maximum atomic E-state index is 11.3. The van der Waals surface area contributed by atoms with Crippen molar-refractivity contribution in [2.75, 3.05) is 20.2 Å². The molecule has 5 nitrogen and oxygen atoms in total. The molecule has 0 aromatic heterocycles. The average molecular weight is 264 g/mol. The van der Waals surface area contributed by atoms with Crippen LogP contribution in [0.4, 0.5) is 0 Å². The molecule has 3 N–H and O–H groups in total. The molecule has 1 aromatic rings. The van der Waals surface area contributed by atoms with Crippen molar-refractivity contribution in [2.24, 2.45) is 5.73 Å². The Labute approximate surface area is 113 Å². The van der Waals surface area contributed by atoms with Crippen molar-refractivity contribution in [3.05, 3.63) is 29.8 Å². The lowest BCUT2D eigenvalue weighted by Crippen LogP contribution is -2.42. The molecular formula is C14H20N2O3. The molecule has 2 atom stereocenters. The predicted octanol–water partition coefficient (Wildman–Crippen LogP) is 0.678. The minimum Gasteiger partial charge on any atom is -0.497 e. The minimum absolute atomic E-state index is 0.250. The minimum atomic E-state index is -0.643. The summed E-state index contributed by atoms with van der Waals surface area (Å²) in [5.74, 6) is 0.403. The third kappa shape index (κ3) is 3.24. The lowest BCUT2D eigenvalue weighted by atomic mass is 10.1. The zero-order chi connectivity index (χ0) is 13.8. The number of aliphatic hydroxyl groups is 1. The van der Waals surface area contributed by atoms with Gasteiger partial charge in [-0.3, -0.25) is 9.69 Å². The number of methoxy groups -OCH3 is 1. The Morgan fingerprint density at radius 3 is 3.11 bits per heavy atom. The van der Waals surface area contributed by atoms with Gasteiger partial charge in [-0.25, -0.2) is 0 Å². The number of nitrogens with zero attached hydrogens (tertiary/aromatic N) is 1. The highest BCUT2D eigenvalue weighted by Gasteiger charge is 2.30. The molecule has 0 saturated carbocycles. The monoisotopic (exact) mass is 264 g/mol. The molecule has 0 aliphatic carbocycles. The SMILES string of the molecule is COc1cccc(C(O)CN2CCCC2C(N)=O)c1. The van der Waals surface area contributed by atoms with Gasteiger partial charge in [0.15, 0.2) is 0 Å². The Hall–Kier alpha value is -1.59. The number of benzene rings is 1. The van der Waals surface area contributed by atoms with E-state index in [-0.39, 0.29) is 11.9 Å². The van der Waals surface area contributed by atoms with E-state index in [1.807, 2.05) is 23.1 Å². The maximum absolute atomic E-state index is 11.3. The molecule has 1 heterocycles. The predicted molar refractivity (Wildman–Crippen MR) is 71.7 cm³/mol. The summed E-state index contributed by atoms with van der Waals surface area (Å²) in [7, 11) is 1.59. The molecule has 2 rings (SSSR count). The first-order valence-electron chi connectivity index (χ1n) is 6.47. The largest absolute Gasteiger partial charge is 0.497 e. The molecule has 2 unspecified atom stereocenters. The van der Waals surface area contributed by atoms with Crippen molar-refractivity contribution in [3.8, 4) is 5.75 Å². The van der Waals surface area contributed by atoms with Gasteiger partial charge in [-0.15, -0.1) is 0 Å². The topological polar surface area (TPSA) is 75.8 Å². The van der Waals surface area contributed by atoms with E-state index in [0.717, 1.165) is 24.9 Å². The Balaban J connectivity index is 2.03. The number of primary amides is 1. The summed E-state index contributed by atoms with van der Waals surface area (Å²) < 4.78 is 5.14. The van der Waals surface area contributed by atoms with E-state index in [4.69, 9.17) is 10.5 Å². The molecule has 0 bridgehead atoms. The van der Waals surface area contributed by atoms with Crippen molar-refractivity contribution in [1.29, 1.82) is 0 Å². The summed E-state index contributed by atoms with van der Waals surface area (Å²) >= 11 is 0. The summed E-state index contributed by atoms with van der Waals surface area (Å²) in [4.78, 5) is 13.3. The normalized spacial score (nSPS) is 21.3. The molecular weight excluding hydrogens is 244 g/mol. The second-order valence-corrected chi connectivity index (χ2v) is 4.85. The highest BCUT2D eigenvalue weighted by atomic mass is 16.5. The number of β-amino-alcohol motifs (C(OH)–C–C–N with tert-alkyl or cyclic N) is 1. The van der Waals surface area contributed by atoms with E-state index in [1.165, 1.54) is 0 Å². The van der Waals surface area contributed by atoms with Crippen LogP contribution in [0.15, 0.2) is 24.3 Å². The van der Waals surface area contributed by atoms with Crippen LogP contribution in [0.3, 0.4) is 0 Å². The summed E-state index contributed by atoms with van der Waals surface area (Å²) in [6.07, 6.45) is 1.08. The van der Waals surface area contributed by atoms with Crippen molar-refractivity contribution in [3.63, 3.8) is 0 Å². The Morgan fingerprint density at radius 2 is 2.42 bits per heavy atom. The Kier molecular flexibility index (Phi) is 4.39. The molecule has 1 aliphatic heterocycles. The summed E-state index contributed by atoms with van der Waals surface area (Å²) in [6, 6.07) is 7.08. The van der Waals surface area contributed by atoms with Crippen LogP contribution in [0.25, 0.3) is 0 Å². The van der Waals surface area contributed by atoms with E-state index in [1.54, 1.807) is 13.2 Å². The van der Waals surface area contributed by atoms with Gasteiger partial charge in [0.2, 0.25) is 5.91 Å². The third-order valence-electron chi connectivity index (χ3n) is 3.58. The third-order valence-corrected chi connectivity index (χ3v) is 3.58. The van der Waals surface area contributed by atoms with Gasteiger partial charge < -0.3 is 15.6 Å².